The molecule has 2 heterocycles. The summed E-state index contributed by atoms with van der Waals surface area (Å²) >= 11 is 4.95. The molecule has 0 atom stereocenters. The van der Waals surface area contributed by atoms with Gasteiger partial charge in [0.2, 0.25) is 0 Å². The quantitative estimate of drug-likeness (QED) is 0.828. The van der Waals surface area contributed by atoms with Crippen LogP contribution in [-0.2, 0) is 15.1 Å². The summed E-state index contributed by atoms with van der Waals surface area (Å²) in [6.07, 6.45) is 6.32. The Kier molecular flexibility index (Phi) is 4.87. The Labute approximate surface area is 142 Å². The SMILES string of the molecule is O=C(O)COC1(c2nc(Br)cs2)CCC2(CCNCC2)CC1. The fourth-order valence-corrected chi connectivity index (χ4v) is 5.19. The Morgan fingerprint density at radius 3 is 2.55 bits per heavy atom. The Morgan fingerprint density at radius 1 is 1.32 bits per heavy atom. The van der Waals surface area contributed by atoms with E-state index in [1.54, 1.807) is 11.3 Å². The number of nitrogens with one attached hydrogen (secondary N) is 1. The normalized spacial score (nSPS) is 23.5. The van der Waals surface area contributed by atoms with Gasteiger partial charge in [-0.25, -0.2) is 9.78 Å². The van der Waals surface area contributed by atoms with Crippen molar-refractivity contribution in [2.75, 3.05) is 19.7 Å². The highest BCUT2D eigenvalue weighted by Crippen LogP contribution is 2.52. The lowest BCUT2D eigenvalue weighted by Gasteiger charge is -2.47. The van der Waals surface area contributed by atoms with Crippen molar-refractivity contribution in [2.24, 2.45) is 5.41 Å². The molecule has 7 heteroatoms. The van der Waals surface area contributed by atoms with Gasteiger partial charge in [0.05, 0.1) is 0 Å². The number of carbonyl (C=O) groups is 1. The number of carboxylic acid groups (broad SMARTS) is 1. The van der Waals surface area contributed by atoms with E-state index in [4.69, 9.17) is 9.84 Å². The van der Waals surface area contributed by atoms with Crippen LogP contribution in [0.3, 0.4) is 0 Å². The minimum absolute atomic E-state index is 0.258. The molecule has 1 saturated carbocycles. The Bertz CT molecular complexity index is 533. The second-order valence-electron chi connectivity index (χ2n) is 6.40. The summed E-state index contributed by atoms with van der Waals surface area (Å²) in [6, 6.07) is 0. The molecule has 0 amide bonds. The molecule has 3 rings (SSSR count). The standard InChI is InChI=1S/C15H21BrN2O3S/c16-11-10-22-13(18-11)15(21-9-12(19)20)3-1-14(2-4-15)5-7-17-8-6-14/h10,17H,1-9H2,(H,19,20). The van der Waals surface area contributed by atoms with Crippen LogP contribution in [0.1, 0.15) is 43.5 Å². The van der Waals surface area contributed by atoms with E-state index in [1.807, 2.05) is 5.38 Å². The van der Waals surface area contributed by atoms with Crippen LogP contribution < -0.4 is 5.32 Å². The monoisotopic (exact) mass is 388 g/mol. The van der Waals surface area contributed by atoms with Gasteiger partial charge >= 0.3 is 5.97 Å². The first-order valence-corrected chi connectivity index (χ1v) is 9.39. The lowest BCUT2D eigenvalue weighted by molar-refractivity contribution is -0.157. The predicted molar refractivity (Wildman–Crippen MR) is 88.1 cm³/mol. The van der Waals surface area contributed by atoms with Crippen molar-refractivity contribution in [3.63, 3.8) is 0 Å². The number of ether oxygens (including phenoxy) is 1. The Balaban J connectivity index is 1.77. The van der Waals surface area contributed by atoms with Gasteiger partial charge in [-0.3, -0.25) is 0 Å². The molecule has 1 saturated heterocycles. The van der Waals surface area contributed by atoms with E-state index in [1.165, 1.54) is 12.8 Å². The molecular weight excluding hydrogens is 368 g/mol. The second-order valence-corrected chi connectivity index (χ2v) is 8.07. The zero-order chi connectivity index (χ0) is 15.6. The lowest BCUT2D eigenvalue weighted by Crippen LogP contribution is -2.44. The topological polar surface area (TPSA) is 71.5 Å². The first-order chi connectivity index (χ1) is 10.5. The smallest absolute Gasteiger partial charge is 0.329 e. The minimum atomic E-state index is -0.919. The number of hydrogen-bond acceptors (Lipinski definition) is 5. The molecule has 5 nitrogen and oxygen atoms in total. The van der Waals surface area contributed by atoms with Crippen molar-refractivity contribution in [3.05, 3.63) is 15.0 Å². The number of carboxylic acids is 1. The van der Waals surface area contributed by atoms with E-state index in [-0.39, 0.29) is 6.61 Å². The van der Waals surface area contributed by atoms with Crippen LogP contribution in [0.5, 0.6) is 0 Å². The van der Waals surface area contributed by atoms with Crippen molar-refractivity contribution in [1.82, 2.24) is 10.3 Å². The molecule has 2 N–H and O–H groups in total. The predicted octanol–water partition coefficient (Wildman–Crippen LogP) is 3.15. The first kappa shape index (κ1) is 16.4. The average Bonchev–Trinajstić information content (AvgIpc) is 2.95. The zero-order valence-corrected chi connectivity index (χ0v) is 14.8. The fourth-order valence-electron chi connectivity index (χ4n) is 3.72. The number of halogens is 1. The highest BCUT2D eigenvalue weighted by Gasteiger charge is 2.46. The third-order valence-electron chi connectivity index (χ3n) is 5.12. The van der Waals surface area contributed by atoms with E-state index in [0.717, 1.165) is 48.4 Å². The number of aliphatic carboxylic acids is 1. The summed E-state index contributed by atoms with van der Waals surface area (Å²) in [5.41, 5.74) is -0.110. The van der Waals surface area contributed by atoms with Gasteiger partial charge < -0.3 is 15.2 Å². The molecule has 2 fully saturated rings. The molecule has 1 spiro atoms. The minimum Gasteiger partial charge on any atom is -0.480 e. The molecule has 0 aromatic carbocycles. The summed E-state index contributed by atoms with van der Waals surface area (Å²) in [5.74, 6) is -0.919. The third-order valence-corrected chi connectivity index (χ3v) is 6.86. The number of thiazole rings is 1. The molecule has 22 heavy (non-hydrogen) atoms. The molecule has 1 aliphatic heterocycles. The van der Waals surface area contributed by atoms with Crippen molar-refractivity contribution in [2.45, 2.75) is 44.1 Å². The zero-order valence-electron chi connectivity index (χ0n) is 12.4. The molecular formula is C15H21BrN2O3S. The number of aromatic nitrogens is 1. The van der Waals surface area contributed by atoms with Gasteiger partial charge in [-0.15, -0.1) is 11.3 Å². The molecule has 1 aromatic heterocycles. The third kappa shape index (κ3) is 3.37. The second kappa shape index (κ2) is 6.55. The van der Waals surface area contributed by atoms with Gasteiger partial charge in [-0.1, -0.05) is 0 Å². The highest BCUT2D eigenvalue weighted by atomic mass is 79.9. The summed E-state index contributed by atoms with van der Waals surface area (Å²) in [4.78, 5) is 15.5. The van der Waals surface area contributed by atoms with Crippen LogP contribution >= 0.6 is 27.3 Å². The van der Waals surface area contributed by atoms with Crippen LogP contribution in [0.15, 0.2) is 9.98 Å². The van der Waals surface area contributed by atoms with E-state index in [2.05, 4.69) is 26.2 Å². The fraction of sp³-hybridized carbons (Fsp3) is 0.733. The number of nitrogens with zero attached hydrogens (tertiary/aromatic N) is 1. The summed E-state index contributed by atoms with van der Waals surface area (Å²) < 4.78 is 6.68. The van der Waals surface area contributed by atoms with Gasteiger partial charge in [-0.05, 0) is 73.0 Å². The molecule has 1 aromatic rings. The van der Waals surface area contributed by atoms with Crippen LogP contribution in [0, 0.1) is 5.41 Å². The van der Waals surface area contributed by atoms with Crippen LogP contribution in [0.2, 0.25) is 0 Å². The Morgan fingerprint density at radius 2 is 2.00 bits per heavy atom. The molecule has 0 unspecified atom stereocenters. The summed E-state index contributed by atoms with van der Waals surface area (Å²) in [5, 5.41) is 15.3. The number of piperidine rings is 1. The highest BCUT2D eigenvalue weighted by molar-refractivity contribution is 9.10. The van der Waals surface area contributed by atoms with E-state index in [9.17, 15) is 4.79 Å². The van der Waals surface area contributed by atoms with E-state index < -0.39 is 11.6 Å². The first-order valence-electron chi connectivity index (χ1n) is 7.72. The molecule has 1 aliphatic carbocycles. The van der Waals surface area contributed by atoms with Gasteiger partial charge in [0.15, 0.2) is 0 Å². The molecule has 122 valence electrons. The van der Waals surface area contributed by atoms with Gasteiger partial charge in [-0.2, -0.15) is 0 Å². The largest absolute Gasteiger partial charge is 0.480 e. The maximum absolute atomic E-state index is 11.0. The van der Waals surface area contributed by atoms with E-state index >= 15 is 0 Å². The summed E-state index contributed by atoms with van der Waals surface area (Å²) in [6.45, 7) is 1.92. The van der Waals surface area contributed by atoms with Crippen LogP contribution in [-0.4, -0.2) is 35.8 Å². The molecule has 0 bridgehead atoms. The van der Waals surface area contributed by atoms with Crippen molar-refractivity contribution < 1.29 is 14.6 Å². The lowest BCUT2D eigenvalue weighted by atomic mass is 9.64. The van der Waals surface area contributed by atoms with Gasteiger partial charge in [0.25, 0.3) is 0 Å². The van der Waals surface area contributed by atoms with Crippen molar-refractivity contribution in [1.29, 1.82) is 0 Å². The maximum atomic E-state index is 11.0. The van der Waals surface area contributed by atoms with Crippen LogP contribution in [0.25, 0.3) is 0 Å². The Hall–Kier alpha value is -0.500. The van der Waals surface area contributed by atoms with Gasteiger partial charge in [0, 0.05) is 5.38 Å². The van der Waals surface area contributed by atoms with E-state index in [0.29, 0.717) is 5.41 Å². The molecule has 2 aliphatic rings. The number of hydrogen-bond donors (Lipinski definition) is 2. The summed E-state index contributed by atoms with van der Waals surface area (Å²) in [7, 11) is 0. The molecule has 0 radical (unpaired) electrons. The average molecular weight is 389 g/mol. The maximum Gasteiger partial charge on any atom is 0.329 e. The van der Waals surface area contributed by atoms with Crippen molar-refractivity contribution in [3.8, 4) is 0 Å². The number of rotatable bonds is 4. The van der Waals surface area contributed by atoms with Crippen molar-refractivity contribution >= 4 is 33.2 Å². The van der Waals surface area contributed by atoms with Crippen LogP contribution in [0.4, 0.5) is 0 Å². The van der Waals surface area contributed by atoms with Gasteiger partial charge in [0.1, 0.15) is 21.8 Å².